The van der Waals surface area contributed by atoms with Gasteiger partial charge in [-0.15, -0.1) is 0 Å². The first-order chi connectivity index (χ1) is 13.3. The van der Waals surface area contributed by atoms with Crippen LogP contribution >= 0.6 is 0 Å². The standard InChI is InChI=1S/C19H22N4O4S/c1-22(2)28(26,27)17-7-5-16(6-8-17)23-13-15(10-18(23)24)19(25)21-12-14-4-3-9-20-11-14/h3-9,11,15H,10,12-13H2,1-2H3,(H,21,25). The van der Waals surface area contributed by atoms with Gasteiger partial charge in [0.2, 0.25) is 21.8 Å². The lowest BCUT2D eigenvalue weighted by Crippen LogP contribution is -2.32. The fourth-order valence-corrected chi connectivity index (χ4v) is 3.88. The predicted molar refractivity (Wildman–Crippen MR) is 104 cm³/mol. The van der Waals surface area contributed by atoms with Gasteiger partial charge in [0.1, 0.15) is 0 Å². The molecule has 0 aliphatic carbocycles. The molecule has 1 atom stereocenters. The summed E-state index contributed by atoms with van der Waals surface area (Å²) in [5.41, 5.74) is 1.46. The van der Waals surface area contributed by atoms with E-state index >= 15 is 0 Å². The maximum absolute atomic E-state index is 12.4. The SMILES string of the molecule is CN(C)S(=O)(=O)c1ccc(N2CC(C(=O)NCc3cccnc3)CC2=O)cc1. The highest BCUT2D eigenvalue weighted by Gasteiger charge is 2.35. The third-order valence-corrected chi connectivity index (χ3v) is 6.44. The van der Waals surface area contributed by atoms with Gasteiger partial charge in [0.25, 0.3) is 0 Å². The summed E-state index contributed by atoms with van der Waals surface area (Å²) in [6, 6.07) is 9.76. The number of pyridine rings is 1. The molecule has 0 saturated carbocycles. The molecule has 1 aromatic carbocycles. The molecule has 1 unspecified atom stereocenters. The summed E-state index contributed by atoms with van der Waals surface area (Å²) in [4.78, 5) is 30.4. The van der Waals surface area contributed by atoms with E-state index in [1.807, 2.05) is 6.07 Å². The Morgan fingerprint density at radius 1 is 1.25 bits per heavy atom. The summed E-state index contributed by atoms with van der Waals surface area (Å²) in [5.74, 6) is -0.800. The lowest BCUT2D eigenvalue weighted by Gasteiger charge is -2.18. The van der Waals surface area contributed by atoms with Crippen molar-refractivity contribution in [3.63, 3.8) is 0 Å². The van der Waals surface area contributed by atoms with Crippen molar-refractivity contribution in [3.8, 4) is 0 Å². The fraction of sp³-hybridized carbons (Fsp3) is 0.316. The van der Waals surface area contributed by atoms with E-state index in [0.29, 0.717) is 12.2 Å². The molecule has 148 valence electrons. The van der Waals surface area contributed by atoms with Gasteiger partial charge in [0, 0.05) is 51.7 Å². The van der Waals surface area contributed by atoms with Gasteiger partial charge in [0.15, 0.2) is 0 Å². The summed E-state index contributed by atoms with van der Waals surface area (Å²) in [6.07, 6.45) is 3.46. The smallest absolute Gasteiger partial charge is 0.242 e. The van der Waals surface area contributed by atoms with E-state index in [1.54, 1.807) is 30.6 Å². The van der Waals surface area contributed by atoms with Gasteiger partial charge in [-0.1, -0.05) is 6.07 Å². The van der Waals surface area contributed by atoms with E-state index in [9.17, 15) is 18.0 Å². The van der Waals surface area contributed by atoms with Gasteiger partial charge in [0.05, 0.1) is 10.8 Å². The van der Waals surface area contributed by atoms with Crippen molar-refractivity contribution in [2.24, 2.45) is 5.92 Å². The van der Waals surface area contributed by atoms with Crippen LogP contribution in [0, 0.1) is 5.92 Å². The summed E-state index contributed by atoms with van der Waals surface area (Å²) < 4.78 is 25.4. The number of carbonyl (C=O) groups excluding carboxylic acids is 2. The number of rotatable bonds is 6. The molecular weight excluding hydrogens is 380 g/mol. The molecular formula is C19H22N4O4S. The maximum Gasteiger partial charge on any atom is 0.242 e. The van der Waals surface area contributed by atoms with Crippen molar-refractivity contribution in [2.45, 2.75) is 17.9 Å². The maximum atomic E-state index is 12.4. The monoisotopic (exact) mass is 402 g/mol. The van der Waals surface area contributed by atoms with E-state index in [0.717, 1.165) is 9.87 Å². The second kappa shape index (κ2) is 8.07. The number of nitrogens with zero attached hydrogens (tertiary/aromatic N) is 3. The van der Waals surface area contributed by atoms with Crippen LogP contribution in [0.4, 0.5) is 5.69 Å². The first-order valence-corrected chi connectivity index (χ1v) is 10.2. The molecule has 0 radical (unpaired) electrons. The number of aromatic nitrogens is 1. The van der Waals surface area contributed by atoms with Crippen LogP contribution in [0.25, 0.3) is 0 Å². The molecule has 1 saturated heterocycles. The second-order valence-corrected chi connectivity index (χ2v) is 8.92. The van der Waals surface area contributed by atoms with E-state index in [-0.39, 0.29) is 29.7 Å². The van der Waals surface area contributed by atoms with Crippen molar-refractivity contribution >= 4 is 27.5 Å². The molecule has 9 heteroatoms. The van der Waals surface area contributed by atoms with Crippen LogP contribution < -0.4 is 10.2 Å². The quantitative estimate of drug-likeness (QED) is 0.777. The fourth-order valence-electron chi connectivity index (χ4n) is 2.98. The van der Waals surface area contributed by atoms with Gasteiger partial charge in [-0.2, -0.15) is 0 Å². The average Bonchev–Trinajstić information content (AvgIpc) is 3.08. The predicted octanol–water partition coefficient (Wildman–Crippen LogP) is 1.00. The Labute approximate surface area is 164 Å². The van der Waals surface area contributed by atoms with Gasteiger partial charge < -0.3 is 10.2 Å². The highest BCUT2D eigenvalue weighted by Crippen LogP contribution is 2.27. The van der Waals surface area contributed by atoms with Crippen LogP contribution in [0.3, 0.4) is 0 Å². The minimum Gasteiger partial charge on any atom is -0.352 e. The third-order valence-electron chi connectivity index (χ3n) is 4.61. The Morgan fingerprint density at radius 3 is 2.57 bits per heavy atom. The lowest BCUT2D eigenvalue weighted by molar-refractivity contribution is -0.126. The number of carbonyl (C=O) groups is 2. The Balaban J connectivity index is 1.65. The van der Waals surface area contributed by atoms with Crippen LogP contribution in [-0.4, -0.2) is 50.2 Å². The molecule has 0 bridgehead atoms. The van der Waals surface area contributed by atoms with E-state index in [1.165, 1.54) is 31.1 Å². The van der Waals surface area contributed by atoms with Crippen LogP contribution in [-0.2, 0) is 26.2 Å². The molecule has 1 fully saturated rings. The van der Waals surface area contributed by atoms with Crippen LogP contribution in [0.15, 0.2) is 53.7 Å². The average molecular weight is 402 g/mol. The zero-order valence-corrected chi connectivity index (χ0v) is 16.5. The minimum absolute atomic E-state index is 0.122. The Morgan fingerprint density at radius 2 is 1.96 bits per heavy atom. The van der Waals surface area contributed by atoms with E-state index in [2.05, 4.69) is 10.3 Å². The van der Waals surface area contributed by atoms with Gasteiger partial charge in [-0.25, -0.2) is 12.7 Å². The summed E-state index contributed by atoms with van der Waals surface area (Å²) >= 11 is 0. The van der Waals surface area contributed by atoms with Crippen molar-refractivity contribution in [1.29, 1.82) is 0 Å². The topological polar surface area (TPSA) is 99.7 Å². The Kier molecular flexibility index (Phi) is 5.76. The molecule has 2 aromatic rings. The first-order valence-electron chi connectivity index (χ1n) is 8.78. The Hall–Kier alpha value is -2.78. The van der Waals surface area contributed by atoms with Crippen molar-refractivity contribution in [3.05, 3.63) is 54.4 Å². The number of sulfonamides is 1. The largest absolute Gasteiger partial charge is 0.352 e. The van der Waals surface area contributed by atoms with Crippen molar-refractivity contribution in [2.75, 3.05) is 25.5 Å². The highest BCUT2D eigenvalue weighted by atomic mass is 32.2. The summed E-state index contributed by atoms with van der Waals surface area (Å²) in [7, 11) is -0.607. The third kappa shape index (κ3) is 4.20. The molecule has 1 aliphatic heterocycles. The normalized spacial score (nSPS) is 17.2. The zero-order chi connectivity index (χ0) is 20.3. The molecule has 1 aliphatic rings. The van der Waals surface area contributed by atoms with Crippen molar-refractivity contribution in [1.82, 2.24) is 14.6 Å². The molecule has 2 heterocycles. The summed E-state index contributed by atoms with van der Waals surface area (Å²) in [5, 5.41) is 2.83. The number of hydrogen-bond acceptors (Lipinski definition) is 5. The number of amides is 2. The molecule has 28 heavy (non-hydrogen) atoms. The van der Waals surface area contributed by atoms with Crippen LogP contribution in [0.1, 0.15) is 12.0 Å². The van der Waals surface area contributed by atoms with Crippen LogP contribution in [0.5, 0.6) is 0 Å². The lowest BCUT2D eigenvalue weighted by atomic mass is 10.1. The van der Waals surface area contributed by atoms with Gasteiger partial charge >= 0.3 is 0 Å². The molecule has 3 rings (SSSR count). The second-order valence-electron chi connectivity index (χ2n) is 6.77. The summed E-state index contributed by atoms with van der Waals surface area (Å²) in [6.45, 7) is 0.617. The van der Waals surface area contributed by atoms with Crippen molar-refractivity contribution < 1.29 is 18.0 Å². The number of nitrogens with one attached hydrogen (secondary N) is 1. The molecule has 1 aromatic heterocycles. The van der Waals surface area contributed by atoms with Gasteiger partial charge in [-0.05, 0) is 35.9 Å². The van der Waals surface area contributed by atoms with E-state index in [4.69, 9.17) is 0 Å². The molecule has 2 amide bonds. The molecule has 0 spiro atoms. The van der Waals surface area contributed by atoms with Crippen LogP contribution in [0.2, 0.25) is 0 Å². The number of anilines is 1. The van der Waals surface area contributed by atoms with E-state index < -0.39 is 15.9 Å². The zero-order valence-electron chi connectivity index (χ0n) is 15.7. The number of benzene rings is 1. The first kappa shape index (κ1) is 20.0. The highest BCUT2D eigenvalue weighted by molar-refractivity contribution is 7.89. The van der Waals surface area contributed by atoms with Gasteiger partial charge in [-0.3, -0.25) is 14.6 Å². The molecule has 1 N–H and O–H groups in total. The number of hydrogen-bond donors (Lipinski definition) is 1. The molecule has 8 nitrogen and oxygen atoms in total. The minimum atomic E-state index is -3.53. The Bertz CT molecular complexity index is 959.